The van der Waals surface area contributed by atoms with E-state index in [1.807, 2.05) is 0 Å². The van der Waals surface area contributed by atoms with Crippen molar-refractivity contribution >= 4 is 29.2 Å². The van der Waals surface area contributed by atoms with Crippen molar-refractivity contribution in [3.63, 3.8) is 0 Å². The Morgan fingerprint density at radius 3 is 2.41 bits per heavy atom. The fourth-order valence-electron chi connectivity index (χ4n) is 1.84. The number of halogens is 5. The van der Waals surface area contributed by atoms with Gasteiger partial charge in [0.05, 0.1) is 22.8 Å². The Bertz CT molecular complexity index is 694. The van der Waals surface area contributed by atoms with Crippen molar-refractivity contribution in [2.75, 3.05) is 6.61 Å². The number of benzene rings is 1. The van der Waals surface area contributed by atoms with Crippen LogP contribution in [0.5, 0.6) is 0 Å². The van der Waals surface area contributed by atoms with Crippen molar-refractivity contribution in [2.45, 2.75) is 13.1 Å². The Labute approximate surface area is 133 Å². The number of para-hydroxylation sites is 1. The zero-order valence-electron chi connectivity index (χ0n) is 11.1. The first kappa shape index (κ1) is 16.6. The van der Waals surface area contributed by atoms with Crippen LogP contribution in [0.15, 0.2) is 24.4 Å². The minimum atomic E-state index is -4.85. The van der Waals surface area contributed by atoms with Gasteiger partial charge in [-0.1, -0.05) is 29.3 Å². The van der Waals surface area contributed by atoms with Gasteiger partial charge in [0, 0.05) is 0 Å². The Balaban J connectivity index is 2.71. The van der Waals surface area contributed by atoms with E-state index in [0.29, 0.717) is 4.68 Å². The summed E-state index contributed by atoms with van der Waals surface area (Å²) in [5.74, 6) is -1.12. The molecule has 0 unspecified atom stereocenters. The molecule has 0 radical (unpaired) electrons. The summed E-state index contributed by atoms with van der Waals surface area (Å²) in [6.45, 7) is 1.43. The first-order valence-corrected chi connectivity index (χ1v) is 6.79. The Kier molecular flexibility index (Phi) is 4.67. The van der Waals surface area contributed by atoms with Crippen molar-refractivity contribution in [3.8, 4) is 5.69 Å². The van der Waals surface area contributed by atoms with Crippen molar-refractivity contribution in [1.82, 2.24) is 9.78 Å². The molecule has 0 atom stereocenters. The predicted molar refractivity (Wildman–Crippen MR) is 74.5 cm³/mol. The second-order valence-corrected chi connectivity index (χ2v) is 4.92. The number of hydrogen-bond acceptors (Lipinski definition) is 3. The van der Waals surface area contributed by atoms with Crippen molar-refractivity contribution < 1.29 is 22.7 Å². The van der Waals surface area contributed by atoms with Crippen molar-refractivity contribution in [1.29, 1.82) is 0 Å². The number of carbonyl (C=O) groups is 1. The molecule has 0 aliphatic heterocycles. The van der Waals surface area contributed by atoms with E-state index in [9.17, 15) is 18.0 Å². The molecule has 0 N–H and O–H groups in total. The lowest BCUT2D eigenvalue weighted by Crippen LogP contribution is -2.18. The van der Waals surface area contributed by atoms with E-state index in [0.717, 1.165) is 6.20 Å². The largest absolute Gasteiger partial charge is 0.462 e. The maximum Gasteiger partial charge on any atom is 0.434 e. The summed E-state index contributed by atoms with van der Waals surface area (Å²) in [5, 5.41) is 3.54. The number of alkyl halides is 3. The van der Waals surface area contributed by atoms with Crippen LogP contribution < -0.4 is 0 Å². The molecule has 0 saturated carbocycles. The zero-order chi connectivity index (χ0) is 16.5. The van der Waals surface area contributed by atoms with Gasteiger partial charge in [0.25, 0.3) is 0 Å². The molecule has 0 spiro atoms. The number of hydrogen-bond donors (Lipinski definition) is 0. The topological polar surface area (TPSA) is 44.1 Å². The van der Waals surface area contributed by atoms with Crippen LogP contribution >= 0.6 is 23.2 Å². The molecule has 9 heteroatoms. The summed E-state index contributed by atoms with van der Waals surface area (Å²) in [5.41, 5.74) is -2.15. The molecule has 1 aromatic heterocycles. The number of ether oxygens (including phenoxy) is 1. The van der Waals surface area contributed by atoms with Gasteiger partial charge in [-0.2, -0.15) is 18.3 Å². The third-order valence-corrected chi connectivity index (χ3v) is 3.29. The summed E-state index contributed by atoms with van der Waals surface area (Å²) >= 11 is 11.8. The second-order valence-electron chi connectivity index (χ2n) is 4.11. The first-order valence-electron chi connectivity index (χ1n) is 6.04. The molecule has 0 aliphatic carbocycles. The molecule has 0 fully saturated rings. The molecule has 118 valence electrons. The second kappa shape index (κ2) is 6.18. The number of aromatic nitrogens is 2. The standard InChI is InChI=1S/C13H9Cl2F3N2O2/c1-2-22-12(21)7-6-19-20(11(7)13(16,17)18)10-8(14)4-3-5-9(10)15/h3-6H,2H2,1H3. The van der Waals surface area contributed by atoms with Gasteiger partial charge in [-0.25, -0.2) is 9.48 Å². The van der Waals surface area contributed by atoms with E-state index >= 15 is 0 Å². The van der Waals surface area contributed by atoms with Gasteiger partial charge in [-0.05, 0) is 19.1 Å². The molecule has 22 heavy (non-hydrogen) atoms. The molecule has 4 nitrogen and oxygen atoms in total. The van der Waals surface area contributed by atoms with E-state index in [2.05, 4.69) is 9.84 Å². The smallest absolute Gasteiger partial charge is 0.434 e. The lowest BCUT2D eigenvalue weighted by molar-refractivity contribution is -0.143. The highest BCUT2D eigenvalue weighted by atomic mass is 35.5. The van der Waals surface area contributed by atoms with Crippen molar-refractivity contribution in [3.05, 3.63) is 45.7 Å². The Morgan fingerprint density at radius 2 is 1.91 bits per heavy atom. The van der Waals surface area contributed by atoms with E-state index in [1.54, 1.807) is 0 Å². The number of rotatable bonds is 3. The SMILES string of the molecule is CCOC(=O)c1cnn(-c2c(Cl)cccc2Cl)c1C(F)(F)F. The third-order valence-electron chi connectivity index (χ3n) is 2.68. The maximum atomic E-state index is 13.3. The number of esters is 1. The third kappa shape index (κ3) is 3.05. The van der Waals surface area contributed by atoms with E-state index in [4.69, 9.17) is 23.2 Å². The number of nitrogens with zero attached hydrogens (tertiary/aromatic N) is 2. The van der Waals surface area contributed by atoms with Gasteiger partial charge in [-0.3, -0.25) is 0 Å². The molecular weight excluding hydrogens is 344 g/mol. The summed E-state index contributed by atoms with van der Waals surface area (Å²) in [4.78, 5) is 11.7. The molecular formula is C13H9Cl2F3N2O2. The lowest BCUT2D eigenvalue weighted by atomic mass is 10.2. The van der Waals surface area contributed by atoms with Gasteiger partial charge in [-0.15, -0.1) is 0 Å². The Morgan fingerprint density at radius 1 is 1.32 bits per heavy atom. The molecule has 1 aromatic carbocycles. The minimum Gasteiger partial charge on any atom is -0.462 e. The van der Waals surface area contributed by atoms with Crippen LogP contribution in [0.3, 0.4) is 0 Å². The Hall–Kier alpha value is -1.73. The monoisotopic (exact) mass is 352 g/mol. The van der Waals surface area contributed by atoms with E-state index in [1.165, 1.54) is 25.1 Å². The van der Waals surface area contributed by atoms with Crippen LogP contribution in [0.2, 0.25) is 10.0 Å². The van der Waals surface area contributed by atoms with Crippen LogP contribution in [-0.4, -0.2) is 22.4 Å². The average molecular weight is 353 g/mol. The summed E-state index contributed by atoms with van der Waals surface area (Å²) in [6.07, 6.45) is -4.07. The molecule has 0 aliphatic rings. The lowest BCUT2D eigenvalue weighted by Gasteiger charge is -2.14. The van der Waals surface area contributed by atoms with Gasteiger partial charge in [0.15, 0.2) is 5.69 Å². The first-order chi connectivity index (χ1) is 10.3. The van der Waals surface area contributed by atoms with Gasteiger partial charge < -0.3 is 4.74 Å². The summed E-state index contributed by atoms with van der Waals surface area (Å²) in [6, 6.07) is 4.22. The zero-order valence-corrected chi connectivity index (χ0v) is 12.6. The normalized spacial score (nSPS) is 11.5. The van der Waals surface area contributed by atoms with Crippen LogP contribution in [0.1, 0.15) is 23.0 Å². The minimum absolute atomic E-state index is 0.0310. The maximum absolute atomic E-state index is 13.3. The molecule has 2 rings (SSSR count). The summed E-state index contributed by atoms with van der Waals surface area (Å²) < 4.78 is 45.1. The highest BCUT2D eigenvalue weighted by Gasteiger charge is 2.41. The summed E-state index contributed by atoms with van der Waals surface area (Å²) in [7, 11) is 0. The van der Waals surface area contributed by atoms with Gasteiger partial charge in [0.1, 0.15) is 11.3 Å². The van der Waals surface area contributed by atoms with Crippen LogP contribution in [0.25, 0.3) is 5.69 Å². The number of carbonyl (C=O) groups excluding carboxylic acids is 1. The quantitative estimate of drug-likeness (QED) is 0.770. The molecule has 2 aromatic rings. The fourth-order valence-corrected chi connectivity index (χ4v) is 2.40. The predicted octanol–water partition coefficient (Wildman–Crippen LogP) is 4.37. The van der Waals surface area contributed by atoms with Crippen LogP contribution in [-0.2, 0) is 10.9 Å². The van der Waals surface area contributed by atoms with Gasteiger partial charge in [0.2, 0.25) is 0 Å². The van der Waals surface area contributed by atoms with E-state index < -0.39 is 23.4 Å². The van der Waals surface area contributed by atoms with Crippen LogP contribution in [0, 0.1) is 0 Å². The van der Waals surface area contributed by atoms with Crippen molar-refractivity contribution in [2.24, 2.45) is 0 Å². The average Bonchev–Trinajstić information content (AvgIpc) is 2.83. The van der Waals surface area contributed by atoms with E-state index in [-0.39, 0.29) is 22.3 Å². The molecule has 1 heterocycles. The fraction of sp³-hybridized carbons (Fsp3) is 0.231. The van der Waals surface area contributed by atoms with Crippen LogP contribution in [0.4, 0.5) is 13.2 Å². The molecule has 0 amide bonds. The highest BCUT2D eigenvalue weighted by Crippen LogP contribution is 2.37. The molecule has 0 bridgehead atoms. The van der Waals surface area contributed by atoms with Gasteiger partial charge >= 0.3 is 12.1 Å². The highest BCUT2D eigenvalue weighted by molar-refractivity contribution is 6.37. The molecule has 0 saturated heterocycles.